The van der Waals surface area contributed by atoms with Crippen LogP contribution in [-0.2, 0) is 6.42 Å². The van der Waals surface area contributed by atoms with Crippen molar-refractivity contribution < 1.29 is 0 Å². The summed E-state index contributed by atoms with van der Waals surface area (Å²) in [4.78, 5) is 2.47. The normalized spacial score (nSPS) is 11.3. The van der Waals surface area contributed by atoms with Gasteiger partial charge in [-0.25, -0.2) is 0 Å². The van der Waals surface area contributed by atoms with Crippen molar-refractivity contribution in [3.8, 4) is 0 Å². The Morgan fingerprint density at radius 2 is 1.68 bits per heavy atom. The lowest BCUT2D eigenvalue weighted by atomic mass is 10.1. The van der Waals surface area contributed by atoms with E-state index in [0.29, 0.717) is 0 Å². The van der Waals surface area contributed by atoms with Gasteiger partial charge in [0.05, 0.1) is 0 Å². The first-order valence-corrected chi connectivity index (χ1v) is 7.70. The molecule has 0 aliphatic rings. The SMILES string of the molecule is CCN(CC)CCc1ccc(NCCC(C)C)cc1. The first-order chi connectivity index (χ1) is 9.15. The topological polar surface area (TPSA) is 15.3 Å². The van der Waals surface area contributed by atoms with Crippen LogP contribution in [0.25, 0.3) is 0 Å². The Morgan fingerprint density at radius 1 is 1.05 bits per heavy atom. The summed E-state index contributed by atoms with van der Waals surface area (Å²) in [5, 5.41) is 3.48. The highest BCUT2D eigenvalue weighted by molar-refractivity contribution is 5.44. The maximum atomic E-state index is 3.48. The van der Waals surface area contributed by atoms with Crippen LogP contribution in [0.2, 0.25) is 0 Å². The maximum absolute atomic E-state index is 3.48. The van der Waals surface area contributed by atoms with E-state index in [1.807, 2.05) is 0 Å². The summed E-state index contributed by atoms with van der Waals surface area (Å²) in [6.07, 6.45) is 2.37. The van der Waals surface area contributed by atoms with Gasteiger partial charge in [-0.1, -0.05) is 39.8 Å². The van der Waals surface area contributed by atoms with Gasteiger partial charge >= 0.3 is 0 Å². The summed E-state index contributed by atoms with van der Waals surface area (Å²) in [7, 11) is 0. The van der Waals surface area contributed by atoms with Gasteiger partial charge in [-0.15, -0.1) is 0 Å². The number of anilines is 1. The lowest BCUT2D eigenvalue weighted by Crippen LogP contribution is -2.25. The highest BCUT2D eigenvalue weighted by atomic mass is 15.1. The summed E-state index contributed by atoms with van der Waals surface area (Å²) in [6.45, 7) is 13.5. The minimum Gasteiger partial charge on any atom is -0.385 e. The third-order valence-corrected chi connectivity index (χ3v) is 3.62. The molecule has 0 aliphatic carbocycles. The number of likely N-dealkylation sites (N-methyl/N-ethyl adjacent to an activating group) is 1. The van der Waals surface area contributed by atoms with Crippen molar-refractivity contribution in [2.24, 2.45) is 5.92 Å². The quantitative estimate of drug-likeness (QED) is 0.723. The summed E-state index contributed by atoms with van der Waals surface area (Å²) < 4.78 is 0. The predicted octanol–water partition coefficient (Wildman–Crippen LogP) is 4.03. The highest BCUT2D eigenvalue weighted by Gasteiger charge is 2.00. The molecule has 0 saturated heterocycles. The van der Waals surface area contributed by atoms with Crippen LogP contribution in [0.15, 0.2) is 24.3 Å². The van der Waals surface area contributed by atoms with Crippen molar-refractivity contribution in [1.82, 2.24) is 4.90 Å². The van der Waals surface area contributed by atoms with Crippen molar-refractivity contribution in [1.29, 1.82) is 0 Å². The molecule has 108 valence electrons. The van der Waals surface area contributed by atoms with Crippen LogP contribution in [0.5, 0.6) is 0 Å². The van der Waals surface area contributed by atoms with Gasteiger partial charge in [0.2, 0.25) is 0 Å². The van der Waals surface area contributed by atoms with E-state index in [9.17, 15) is 0 Å². The minimum absolute atomic E-state index is 0.765. The fourth-order valence-corrected chi connectivity index (χ4v) is 2.12. The number of hydrogen-bond donors (Lipinski definition) is 1. The van der Waals surface area contributed by atoms with Gasteiger partial charge in [0.25, 0.3) is 0 Å². The molecule has 2 nitrogen and oxygen atoms in total. The fraction of sp³-hybridized carbons (Fsp3) is 0.647. The van der Waals surface area contributed by atoms with Gasteiger partial charge in [0.15, 0.2) is 0 Å². The Bertz CT molecular complexity index is 326. The smallest absolute Gasteiger partial charge is 0.0340 e. The van der Waals surface area contributed by atoms with Gasteiger partial charge in [-0.05, 0) is 49.5 Å². The van der Waals surface area contributed by atoms with Crippen molar-refractivity contribution in [3.63, 3.8) is 0 Å². The molecule has 0 unspecified atom stereocenters. The van der Waals surface area contributed by atoms with E-state index in [0.717, 1.165) is 38.5 Å². The zero-order valence-corrected chi connectivity index (χ0v) is 13.1. The maximum Gasteiger partial charge on any atom is 0.0340 e. The molecule has 1 aromatic rings. The van der Waals surface area contributed by atoms with E-state index in [1.165, 1.54) is 17.7 Å². The second kappa shape index (κ2) is 8.98. The van der Waals surface area contributed by atoms with Crippen molar-refractivity contribution >= 4 is 5.69 Å². The predicted molar refractivity (Wildman–Crippen MR) is 85.9 cm³/mol. The number of benzene rings is 1. The molecular weight excluding hydrogens is 232 g/mol. The molecular formula is C17H30N2. The first kappa shape index (κ1) is 16.0. The van der Waals surface area contributed by atoms with Crippen molar-refractivity contribution in [2.45, 2.75) is 40.5 Å². The minimum atomic E-state index is 0.765. The zero-order valence-electron chi connectivity index (χ0n) is 13.1. The Morgan fingerprint density at radius 3 is 2.21 bits per heavy atom. The molecule has 1 N–H and O–H groups in total. The third kappa shape index (κ3) is 6.63. The van der Waals surface area contributed by atoms with Crippen LogP contribution >= 0.6 is 0 Å². The summed E-state index contributed by atoms with van der Waals surface area (Å²) in [5.74, 6) is 0.765. The van der Waals surface area contributed by atoms with Gasteiger partial charge in [-0.2, -0.15) is 0 Å². The Hall–Kier alpha value is -1.02. The molecule has 0 amide bonds. The Balaban J connectivity index is 2.34. The number of nitrogens with zero attached hydrogens (tertiary/aromatic N) is 1. The van der Waals surface area contributed by atoms with Crippen LogP contribution in [0, 0.1) is 5.92 Å². The molecule has 2 heteroatoms. The van der Waals surface area contributed by atoms with Crippen molar-refractivity contribution in [3.05, 3.63) is 29.8 Å². The van der Waals surface area contributed by atoms with Crippen LogP contribution in [0.3, 0.4) is 0 Å². The molecule has 0 saturated carbocycles. The molecule has 19 heavy (non-hydrogen) atoms. The lowest BCUT2D eigenvalue weighted by Gasteiger charge is -2.17. The van der Waals surface area contributed by atoms with Gasteiger partial charge in [0.1, 0.15) is 0 Å². The number of nitrogens with one attached hydrogen (secondary N) is 1. The number of hydrogen-bond acceptors (Lipinski definition) is 2. The van der Waals surface area contributed by atoms with Gasteiger partial charge < -0.3 is 10.2 Å². The molecule has 1 aromatic carbocycles. The molecule has 0 spiro atoms. The molecule has 0 bridgehead atoms. The second-order valence-electron chi connectivity index (χ2n) is 5.58. The van der Waals surface area contributed by atoms with E-state index < -0.39 is 0 Å². The Kier molecular flexibility index (Phi) is 7.57. The van der Waals surface area contributed by atoms with E-state index >= 15 is 0 Å². The highest BCUT2D eigenvalue weighted by Crippen LogP contribution is 2.11. The van der Waals surface area contributed by atoms with Crippen LogP contribution in [-0.4, -0.2) is 31.1 Å². The molecule has 1 rings (SSSR count). The van der Waals surface area contributed by atoms with E-state index in [1.54, 1.807) is 0 Å². The summed E-state index contributed by atoms with van der Waals surface area (Å²) in [6, 6.07) is 8.91. The van der Waals surface area contributed by atoms with Crippen molar-refractivity contribution in [2.75, 3.05) is 31.5 Å². The second-order valence-corrected chi connectivity index (χ2v) is 5.58. The van der Waals surface area contributed by atoms with E-state index in [4.69, 9.17) is 0 Å². The zero-order chi connectivity index (χ0) is 14.1. The fourth-order valence-electron chi connectivity index (χ4n) is 2.12. The largest absolute Gasteiger partial charge is 0.385 e. The standard InChI is InChI=1S/C17H30N2/c1-5-19(6-2)14-12-16-7-9-17(10-8-16)18-13-11-15(3)4/h7-10,15,18H,5-6,11-14H2,1-4H3. The third-order valence-electron chi connectivity index (χ3n) is 3.62. The molecule has 0 aliphatic heterocycles. The molecule has 0 heterocycles. The van der Waals surface area contributed by atoms with E-state index in [-0.39, 0.29) is 0 Å². The average Bonchev–Trinajstić information content (AvgIpc) is 2.41. The first-order valence-electron chi connectivity index (χ1n) is 7.70. The molecule has 0 atom stereocenters. The summed E-state index contributed by atoms with van der Waals surface area (Å²) >= 11 is 0. The van der Waals surface area contributed by atoms with Gasteiger partial charge in [0, 0.05) is 18.8 Å². The molecule has 0 aromatic heterocycles. The molecule has 0 radical (unpaired) electrons. The Labute approximate surface area is 119 Å². The molecule has 0 fully saturated rings. The summed E-state index contributed by atoms with van der Waals surface area (Å²) in [5.41, 5.74) is 2.67. The monoisotopic (exact) mass is 262 g/mol. The van der Waals surface area contributed by atoms with Crippen LogP contribution in [0.1, 0.15) is 39.7 Å². The number of rotatable bonds is 9. The van der Waals surface area contributed by atoms with E-state index in [2.05, 4.69) is 62.2 Å². The lowest BCUT2D eigenvalue weighted by molar-refractivity contribution is 0.308. The average molecular weight is 262 g/mol. The van der Waals surface area contributed by atoms with Crippen LogP contribution in [0.4, 0.5) is 5.69 Å². The van der Waals surface area contributed by atoms with Gasteiger partial charge in [-0.3, -0.25) is 0 Å². The van der Waals surface area contributed by atoms with Crippen LogP contribution < -0.4 is 5.32 Å².